The third-order valence-corrected chi connectivity index (χ3v) is 5.02. The largest absolute Gasteiger partial charge is 0.375 e. The fraction of sp³-hybridized carbons (Fsp3) is 0.438. The summed E-state index contributed by atoms with van der Waals surface area (Å²) in [7, 11) is 0. The molecule has 1 aliphatic carbocycles. The van der Waals surface area contributed by atoms with Crippen LogP contribution in [0.15, 0.2) is 24.3 Å². The van der Waals surface area contributed by atoms with Crippen LogP contribution in [0.25, 0.3) is 11.3 Å². The van der Waals surface area contributed by atoms with Gasteiger partial charge in [0.1, 0.15) is 0 Å². The van der Waals surface area contributed by atoms with E-state index in [1.807, 2.05) is 0 Å². The number of nitrogens with zero attached hydrogens (tertiary/aromatic N) is 1. The smallest absolute Gasteiger partial charge is 0.180 e. The zero-order chi connectivity index (χ0) is 13.2. The lowest BCUT2D eigenvalue weighted by Gasteiger charge is -2.21. The Hall–Kier alpha value is -1.35. The zero-order valence-electron chi connectivity index (χ0n) is 11.4. The normalized spacial score (nSPS) is 16.7. The van der Waals surface area contributed by atoms with E-state index in [1.165, 1.54) is 48.1 Å². The number of thiazole rings is 1. The molecule has 3 heteroatoms. The molecule has 3 rings (SSSR count). The van der Waals surface area contributed by atoms with Gasteiger partial charge in [0.05, 0.1) is 5.69 Å². The monoisotopic (exact) mass is 272 g/mol. The maximum atomic E-state index is 5.96. The van der Waals surface area contributed by atoms with Crippen LogP contribution in [0.2, 0.25) is 0 Å². The summed E-state index contributed by atoms with van der Waals surface area (Å²) in [4.78, 5) is 5.99. The van der Waals surface area contributed by atoms with Gasteiger partial charge in [-0.15, -0.1) is 11.3 Å². The van der Waals surface area contributed by atoms with Crippen molar-refractivity contribution in [2.75, 3.05) is 5.73 Å². The minimum absolute atomic E-state index is 0.667. The topological polar surface area (TPSA) is 38.9 Å². The molecule has 1 aromatic carbocycles. The molecular formula is C16H20N2S. The van der Waals surface area contributed by atoms with Crippen LogP contribution in [0.5, 0.6) is 0 Å². The van der Waals surface area contributed by atoms with E-state index in [1.54, 1.807) is 11.3 Å². The van der Waals surface area contributed by atoms with Gasteiger partial charge in [-0.2, -0.15) is 0 Å². The van der Waals surface area contributed by atoms with Gasteiger partial charge in [0, 0.05) is 10.4 Å². The number of nitrogens with two attached hydrogens (primary N) is 1. The molecule has 0 saturated heterocycles. The van der Waals surface area contributed by atoms with Crippen molar-refractivity contribution in [1.82, 2.24) is 4.98 Å². The quantitative estimate of drug-likeness (QED) is 0.857. The van der Waals surface area contributed by atoms with Crippen LogP contribution in [0.1, 0.15) is 48.5 Å². The third-order valence-electron chi connectivity index (χ3n) is 3.97. The summed E-state index contributed by atoms with van der Waals surface area (Å²) in [5.74, 6) is 0.667. The van der Waals surface area contributed by atoms with Gasteiger partial charge in [-0.3, -0.25) is 0 Å². The highest BCUT2D eigenvalue weighted by Gasteiger charge is 2.22. The molecule has 0 amide bonds. The van der Waals surface area contributed by atoms with Gasteiger partial charge in [-0.05, 0) is 25.7 Å². The van der Waals surface area contributed by atoms with E-state index in [-0.39, 0.29) is 0 Å². The second-order valence-electron chi connectivity index (χ2n) is 5.47. The van der Waals surface area contributed by atoms with E-state index in [9.17, 15) is 0 Å². The first-order valence-electron chi connectivity index (χ1n) is 7.07. The average Bonchev–Trinajstić information content (AvgIpc) is 2.83. The van der Waals surface area contributed by atoms with Gasteiger partial charge in [-0.25, -0.2) is 4.98 Å². The molecule has 2 aromatic rings. The predicted molar refractivity (Wildman–Crippen MR) is 82.5 cm³/mol. The van der Waals surface area contributed by atoms with Crippen LogP contribution in [-0.2, 0) is 0 Å². The van der Waals surface area contributed by atoms with Crippen LogP contribution in [0, 0.1) is 6.92 Å². The van der Waals surface area contributed by atoms with Crippen molar-refractivity contribution in [2.24, 2.45) is 0 Å². The molecule has 0 aliphatic heterocycles. The SMILES string of the molecule is Cc1ccc(-c2nc(N)sc2C2CCCCC2)cc1. The van der Waals surface area contributed by atoms with E-state index in [0.717, 1.165) is 5.69 Å². The van der Waals surface area contributed by atoms with E-state index >= 15 is 0 Å². The first-order chi connectivity index (χ1) is 9.24. The Kier molecular flexibility index (Phi) is 3.56. The van der Waals surface area contributed by atoms with E-state index in [2.05, 4.69) is 36.2 Å². The Bertz CT molecular complexity index is 551. The van der Waals surface area contributed by atoms with Crippen molar-refractivity contribution in [3.8, 4) is 11.3 Å². The van der Waals surface area contributed by atoms with Gasteiger partial charge in [0.15, 0.2) is 5.13 Å². The predicted octanol–water partition coefficient (Wildman–Crippen LogP) is 4.75. The second kappa shape index (κ2) is 5.33. The second-order valence-corrected chi connectivity index (χ2v) is 6.53. The van der Waals surface area contributed by atoms with Crippen molar-refractivity contribution < 1.29 is 0 Å². The van der Waals surface area contributed by atoms with Crippen LogP contribution in [-0.4, -0.2) is 4.98 Å². The molecule has 1 saturated carbocycles. The first-order valence-corrected chi connectivity index (χ1v) is 7.89. The van der Waals surface area contributed by atoms with Crippen molar-refractivity contribution >= 4 is 16.5 Å². The highest BCUT2D eigenvalue weighted by molar-refractivity contribution is 7.15. The van der Waals surface area contributed by atoms with Crippen LogP contribution in [0.3, 0.4) is 0 Å². The molecule has 0 spiro atoms. The maximum absolute atomic E-state index is 5.96. The van der Waals surface area contributed by atoms with Crippen LogP contribution >= 0.6 is 11.3 Å². The summed E-state index contributed by atoms with van der Waals surface area (Å²) in [6.07, 6.45) is 6.65. The average molecular weight is 272 g/mol. The maximum Gasteiger partial charge on any atom is 0.180 e. The molecule has 100 valence electrons. The van der Waals surface area contributed by atoms with Crippen molar-refractivity contribution in [3.05, 3.63) is 34.7 Å². The fourth-order valence-electron chi connectivity index (χ4n) is 2.91. The van der Waals surface area contributed by atoms with E-state index < -0.39 is 0 Å². The molecule has 1 fully saturated rings. The molecule has 1 aliphatic rings. The van der Waals surface area contributed by atoms with Crippen molar-refractivity contribution in [3.63, 3.8) is 0 Å². The zero-order valence-corrected chi connectivity index (χ0v) is 12.2. The molecule has 0 atom stereocenters. The Morgan fingerprint density at radius 2 is 1.79 bits per heavy atom. The summed E-state index contributed by atoms with van der Waals surface area (Å²) in [5.41, 5.74) is 9.57. The summed E-state index contributed by atoms with van der Waals surface area (Å²) < 4.78 is 0. The van der Waals surface area contributed by atoms with Gasteiger partial charge < -0.3 is 5.73 Å². The molecule has 0 bridgehead atoms. The highest BCUT2D eigenvalue weighted by atomic mass is 32.1. The summed E-state index contributed by atoms with van der Waals surface area (Å²) >= 11 is 1.69. The Labute approximate surface area is 118 Å². The number of hydrogen-bond acceptors (Lipinski definition) is 3. The Morgan fingerprint density at radius 3 is 2.47 bits per heavy atom. The van der Waals surface area contributed by atoms with Crippen LogP contribution in [0.4, 0.5) is 5.13 Å². The van der Waals surface area contributed by atoms with Crippen LogP contribution < -0.4 is 5.73 Å². The lowest BCUT2D eigenvalue weighted by molar-refractivity contribution is 0.448. The number of benzene rings is 1. The number of rotatable bonds is 2. The lowest BCUT2D eigenvalue weighted by Crippen LogP contribution is -2.04. The highest BCUT2D eigenvalue weighted by Crippen LogP contribution is 2.41. The molecule has 1 aromatic heterocycles. The van der Waals surface area contributed by atoms with Crippen molar-refractivity contribution in [2.45, 2.75) is 44.9 Å². The van der Waals surface area contributed by atoms with E-state index in [4.69, 9.17) is 5.73 Å². The van der Waals surface area contributed by atoms with E-state index in [0.29, 0.717) is 11.0 Å². The van der Waals surface area contributed by atoms with Gasteiger partial charge in [-0.1, -0.05) is 49.1 Å². The molecule has 2 nitrogen and oxygen atoms in total. The van der Waals surface area contributed by atoms with Gasteiger partial charge in [0.25, 0.3) is 0 Å². The standard InChI is InChI=1S/C16H20N2S/c1-11-7-9-12(10-8-11)14-15(19-16(17)18-14)13-5-3-2-4-6-13/h7-10,13H,2-6H2,1H3,(H2,17,18). The lowest BCUT2D eigenvalue weighted by atomic mass is 9.87. The molecular weight excluding hydrogens is 252 g/mol. The number of aryl methyl sites for hydroxylation is 1. The number of aromatic nitrogens is 1. The number of anilines is 1. The molecule has 1 heterocycles. The minimum atomic E-state index is 0.667. The molecule has 0 radical (unpaired) electrons. The van der Waals surface area contributed by atoms with Gasteiger partial charge >= 0.3 is 0 Å². The summed E-state index contributed by atoms with van der Waals surface area (Å²) in [5, 5.41) is 0.705. The third kappa shape index (κ3) is 2.66. The molecule has 19 heavy (non-hydrogen) atoms. The number of hydrogen-bond donors (Lipinski definition) is 1. The first kappa shape index (κ1) is 12.7. The minimum Gasteiger partial charge on any atom is -0.375 e. The van der Waals surface area contributed by atoms with Gasteiger partial charge in [0.2, 0.25) is 0 Å². The van der Waals surface area contributed by atoms with Crippen molar-refractivity contribution in [1.29, 1.82) is 0 Å². The number of nitrogen functional groups attached to an aromatic ring is 1. The molecule has 2 N–H and O–H groups in total. The Morgan fingerprint density at radius 1 is 1.11 bits per heavy atom. The fourth-order valence-corrected chi connectivity index (χ4v) is 3.93. The summed E-state index contributed by atoms with van der Waals surface area (Å²) in [6, 6.07) is 8.62. The summed E-state index contributed by atoms with van der Waals surface area (Å²) in [6.45, 7) is 2.11. The Balaban J connectivity index is 1.98. The molecule has 0 unspecified atom stereocenters.